The molecule has 0 atom stereocenters. The van der Waals surface area contributed by atoms with Gasteiger partial charge in [0.25, 0.3) is 0 Å². The van der Waals surface area contributed by atoms with Crippen LogP contribution in [0.5, 0.6) is 0 Å². The van der Waals surface area contributed by atoms with Crippen molar-refractivity contribution in [1.82, 2.24) is 0 Å². The van der Waals surface area contributed by atoms with Crippen molar-refractivity contribution >= 4 is 87.1 Å². The van der Waals surface area contributed by atoms with E-state index in [1.807, 2.05) is 0 Å². The predicted molar refractivity (Wildman–Crippen MR) is 38.6 cm³/mol. The summed E-state index contributed by atoms with van der Waals surface area (Å²) in [5, 5.41) is 0. The van der Waals surface area contributed by atoms with Crippen molar-refractivity contribution < 1.29 is 436 Å². The molecule has 24 nitrogen and oxygen atoms in total. The molecule has 0 N–H and O–H groups in total. The van der Waals surface area contributed by atoms with Gasteiger partial charge in [0.1, 0.15) is 0 Å². The van der Waals surface area contributed by atoms with Crippen LogP contribution in [0.4, 0.5) is 0 Å². The first-order chi connectivity index (χ1) is 12.0. The third kappa shape index (κ3) is 1280. The molecule has 0 aliphatic rings. The summed E-state index contributed by atoms with van der Waals surface area (Å²) in [6.07, 6.45) is 0. The van der Waals surface area contributed by atoms with Gasteiger partial charge in [-0.05, 0) is 0 Å². The smallest absolute Gasteiger partial charge is 1.00 e. The van der Waals surface area contributed by atoms with Crippen LogP contribution in [0.3, 0.4) is 0 Å². The van der Waals surface area contributed by atoms with Crippen LogP contribution in [0.15, 0.2) is 0 Å². The maximum atomic E-state index is 8.61. The minimum Gasteiger partial charge on any atom is 1.00 e. The van der Waals surface area contributed by atoms with E-state index in [9.17, 15) is 0 Å². The summed E-state index contributed by atoms with van der Waals surface area (Å²) in [5.41, 5.74) is 0. The zero-order valence-electron chi connectivity index (χ0n) is 30.5. The predicted octanol–water partition coefficient (Wildman–Crippen LogP) is -78.3. The molecule has 0 aliphatic heterocycles. The van der Waals surface area contributed by atoms with Gasteiger partial charge in [-0.25, -0.2) is 0 Å². The third-order valence-electron chi connectivity index (χ3n) is 0. The Hall–Kier alpha value is 12.2. The van der Waals surface area contributed by atoms with Crippen LogP contribution >= 0.6 is 0 Å². The topological polar surface area (TPSA) is 518 Å². The largest absolute Gasteiger partial charge is 1.00 e. The molecule has 0 spiro atoms. The molecule has 0 saturated carbocycles. The average Bonchev–Trinajstić information content (AvgIpc) is 1.94. The molecule has 192 valence electrons. The zero-order valence-corrected chi connectivity index (χ0v) is 41.7. The van der Waals surface area contributed by atoms with Gasteiger partial charge in [0, 0.05) is 0 Å². The summed E-state index contributed by atoms with van der Waals surface area (Å²) in [6, 6.07) is 0. The Balaban J connectivity index is -0.00000000609. The monoisotopic (exact) mass is 960 g/mol. The van der Waals surface area contributed by atoms with Crippen molar-refractivity contribution in [3.8, 4) is 0 Å². The van der Waals surface area contributed by atoms with Crippen LogP contribution in [0.1, 0.15) is 0 Å². The van der Waals surface area contributed by atoms with E-state index in [0.717, 1.165) is 0 Å². The van der Waals surface area contributed by atoms with Crippen molar-refractivity contribution in [2.45, 2.75) is 0 Å². The van der Waals surface area contributed by atoms with Crippen molar-refractivity contribution in [3.63, 3.8) is 0 Å². The van der Waals surface area contributed by atoms with Crippen molar-refractivity contribution in [1.29, 1.82) is 0 Å². The number of hydrogen-bond donors (Lipinski definition) is 0. The zero-order chi connectivity index (χ0) is 27.0. The molecule has 0 amide bonds. The Morgan fingerprint density at radius 2 is 0.146 bits per heavy atom. The molecule has 48 heavy (non-hydrogen) atoms. The van der Waals surface area contributed by atoms with E-state index in [4.69, 9.17) is 96.2 Å². The van der Waals surface area contributed by atoms with E-state index in [2.05, 4.69) is 0 Å². The Bertz CT molecular complexity index is 500. The second-order valence-electron chi connectivity index (χ2n) is 2.68. The summed E-state index contributed by atoms with van der Waals surface area (Å²) in [5.74, 6) is 0. The maximum absolute atomic E-state index is 8.61. The van der Waals surface area contributed by atoms with E-state index in [1.54, 1.807) is 0 Å². The molecule has 0 saturated heterocycles. The summed E-state index contributed by atoms with van der Waals surface area (Å²) in [4.78, 5) is 0. The van der Waals surface area contributed by atoms with E-state index in [0.29, 0.717) is 0 Å². The van der Waals surface area contributed by atoms with Gasteiger partial charge in [-0.15, -0.1) is 0 Å². The average molecular weight is 958 g/mol. The molecule has 0 aromatic rings. The van der Waals surface area contributed by atoms with Crippen LogP contribution in [0.2, 0.25) is 0 Å². The van der Waals surface area contributed by atoms with Crippen molar-refractivity contribution in [2.24, 2.45) is 0 Å². The molecular formula is As6Li18O24. The summed E-state index contributed by atoms with van der Waals surface area (Å²) < 4.78 is 207. The second kappa shape index (κ2) is 86.3. The Kier molecular flexibility index (Phi) is 289. The van der Waals surface area contributed by atoms with Gasteiger partial charge in [-0.1, -0.05) is 0 Å². The molecule has 0 unspecified atom stereocenters. The van der Waals surface area contributed by atoms with Crippen LogP contribution in [0.25, 0.3) is 0 Å². The molecular weight excluding hydrogens is 958 g/mol. The Morgan fingerprint density at radius 3 is 0.146 bits per heavy atom. The minimum absolute atomic E-state index is 0. The first-order valence-corrected chi connectivity index (χ1v) is 22.8. The molecule has 0 fully saturated rings. The van der Waals surface area contributed by atoms with Crippen molar-refractivity contribution in [2.75, 3.05) is 0 Å². The van der Waals surface area contributed by atoms with Gasteiger partial charge in [0.15, 0.2) is 0 Å². The fourth-order valence-corrected chi connectivity index (χ4v) is 0. The van der Waals surface area contributed by atoms with E-state index in [-0.39, 0.29) is 339 Å². The summed E-state index contributed by atoms with van der Waals surface area (Å²) >= 11 is -35.2. The van der Waals surface area contributed by atoms with Crippen LogP contribution in [-0.2, 0) is 22.4 Å². The number of hydrogen-bond acceptors (Lipinski definition) is 24. The first kappa shape index (κ1) is 161. The molecule has 0 radical (unpaired) electrons. The first-order valence-electron chi connectivity index (χ1n) is 4.38. The van der Waals surface area contributed by atoms with Gasteiger partial charge in [-0.3, -0.25) is 0 Å². The van der Waals surface area contributed by atoms with E-state index >= 15 is 0 Å². The van der Waals surface area contributed by atoms with Gasteiger partial charge >= 0.3 is 523 Å². The molecule has 48 heteroatoms. The normalized spacial score (nSPS) is 7.38. The van der Waals surface area contributed by atoms with E-state index < -0.39 is 87.1 Å². The standard InChI is InChI=1S/6AsH3O4.18Li/c6*2-1(3,4)5;;;;;;;;;;;;;;;;;;/h6*(H3,2,3,4,5);;;;;;;;;;;;;;;;;;/q;;;;;;18*+1/p-18. The summed E-state index contributed by atoms with van der Waals surface area (Å²) in [7, 11) is 0. The van der Waals surface area contributed by atoms with Gasteiger partial charge < -0.3 is 0 Å². The molecule has 0 bridgehead atoms. The Labute approximate surface area is 511 Å². The molecule has 0 heterocycles. The molecule has 0 aromatic heterocycles. The molecule has 0 aromatic carbocycles. The van der Waals surface area contributed by atoms with E-state index in [1.165, 1.54) is 0 Å². The summed E-state index contributed by atoms with van der Waals surface area (Å²) in [6.45, 7) is 0. The van der Waals surface area contributed by atoms with Gasteiger partial charge in [0.05, 0.1) is 0 Å². The fraction of sp³-hybridized carbons (Fsp3) is 0. The molecule has 0 aliphatic carbocycles. The van der Waals surface area contributed by atoms with Crippen LogP contribution < -0.4 is 413 Å². The van der Waals surface area contributed by atoms with Crippen LogP contribution in [-0.4, -0.2) is 87.1 Å². The quantitative estimate of drug-likeness (QED) is 0.203. The molecule has 0 rings (SSSR count). The number of rotatable bonds is 0. The van der Waals surface area contributed by atoms with Crippen molar-refractivity contribution in [3.05, 3.63) is 0 Å². The third-order valence-corrected chi connectivity index (χ3v) is 0. The maximum Gasteiger partial charge on any atom is 1.00 e. The van der Waals surface area contributed by atoms with Gasteiger partial charge in [0.2, 0.25) is 0 Å². The second-order valence-corrected chi connectivity index (χ2v) is 13.9. The van der Waals surface area contributed by atoms with Crippen LogP contribution in [0, 0.1) is 0 Å². The fourth-order valence-electron chi connectivity index (χ4n) is 0. The van der Waals surface area contributed by atoms with Gasteiger partial charge in [-0.2, -0.15) is 0 Å². The minimum atomic E-state index is -5.88. The SMILES string of the molecule is O=[As]([O-])([O-])[O-].O=[As]([O-])([O-])[O-].O=[As]([O-])([O-])[O-].O=[As]([O-])([O-])[O-].O=[As]([O-])([O-])[O-].O=[As]([O-])([O-])[O-].[Li+].[Li+].[Li+].[Li+].[Li+].[Li+].[Li+].[Li+].[Li+].[Li+].[Li+].[Li+].[Li+].[Li+].[Li+].[Li+].[Li+].[Li+]. The Morgan fingerprint density at radius 1 is 0.146 bits per heavy atom.